The minimum absolute atomic E-state index is 0.868. The van der Waals surface area contributed by atoms with Crippen molar-refractivity contribution in [3.8, 4) is 0 Å². The van der Waals surface area contributed by atoms with E-state index >= 15 is 0 Å². The van der Waals surface area contributed by atoms with Crippen LogP contribution in [0.15, 0.2) is 30.3 Å². The second-order valence-electron chi connectivity index (χ2n) is 6.10. The van der Waals surface area contributed by atoms with Gasteiger partial charge in [0, 0.05) is 6.54 Å². The summed E-state index contributed by atoms with van der Waals surface area (Å²) in [5.41, 5.74) is 1.48. The fraction of sp³-hybridized carbons (Fsp3) is 0.667. The molecule has 2 nitrogen and oxygen atoms in total. The Balaban J connectivity index is 1.63. The van der Waals surface area contributed by atoms with Crippen LogP contribution in [0, 0.1) is 5.92 Å². The summed E-state index contributed by atoms with van der Waals surface area (Å²) in [6.07, 6.45) is 6.54. The van der Waals surface area contributed by atoms with Crippen LogP contribution in [0.3, 0.4) is 0 Å². The first-order chi connectivity index (χ1) is 9.88. The van der Waals surface area contributed by atoms with E-state index in [4.69, 9.17) is 0 Å². The largest absolute Gasteiger partial charge is 0.316 e. The standard InChI is InChI=1S/C18H30N2/c1-2-12-19-15-18-11-7-14-20(16-18)13-6-10-17-8-4-3-5-9-17/h3-5,8-9,18-19H,2,6-7,10-16H2,1H3. The van der Waals surface area contributed by atoms with Crippen LogP contribution in [-0.2, 0) is 6.42 Å². The van der Waals surface area contributed by atoms with Crippen LogP contribution >= 0.6 is 0 Å². The molecular formula is C18H30N2. The lowest BCUT2D eigenvalue weighted by Crippen LogP contribution is -2.40. The van der Waals surface area contributed by atoms with Crippen molar-refractivity contribution in [2.24, 2.45) is 5.92 Å². The van der Waals surface area contributed by atoms with Crippen molar-refractivity contribution in [1.82, 2.24) is 10.2 Å². The molecule has 0 saturated carbocycles. The fourth-order valence-electron chi connectivity index (χ4n) is 3.16. The molecule has 112 valence electrons. The summed E-state index contributed by atoms with van der Waals surface area (Å²) in [4.78, 5) is 2.67. The van der Waals surface area contributed by atoms with Gasteiger partial charge in [0.1, 0.15) is 0 Å². The number of benzene rings is 1. The van der Waals surface area contributed by atoms with Crippen LogP contribution in [0.1, 0.15) is 38.2 Å². The molecule has 2 rings (SSSR count). The zero-order chi connectivity index (χ0) is 14.0. The molecule has 1 unspecified atom stereocenters. The van der Waals surface area contributed by atoms with Crippen molar-refractivity contribution in [3.63, 3.8) is 0 Å². The van der Waals surface area contributed by atoms with Crippen molar-refractivity contribution in [1.29, 1.82) is 0 Å². The number of hydrogen-bond acceptors (Lipinski definition) is 2. The minimum atomic E-state index is 0.868. The monoisotopic (exact) mass is 274 g/mol. The Kier molecular flexibility index (Phi) is 7.10. The van der Waals surface area contributed by atoms with E-state index in [9.17, 15) is 0 Å². The molecule has 1 atom stereocenters. The molecule has 1 aromatic carbocycles. The third kappa shape index (κ3) is 5.64. The maximum absolute atomic E-state index is 3.58. The van der Waals surface area contributed by atoms with Gasteiger partial charge in [-0.15, -0.1) is 0 Å². The lowest BCUT2D eigenvalue weighted by molar-refractivity contribution is 0.171. The molecule has 1 aliphatic rings. The molecule has 0 radical (unpaired) electrons. The maximum atomic E-state index is 3.58. The Morgan fingerprint density at radius 1 is 1.25 bits per heavy atom. The van der Waals surface area contributed by atoms with Crippen LogP contribution in [0.25, 0.3) is 0 Å². The normalized spacial score (nSPS) is 20.1. The highest BCUT2D eigenvalue weighted by Gasteiger charge is 2.18. The van der Waals surface area contributed by atoms with E-state index in [2.05, 4.69) is 47.5 Å². The molecule has 1 N–H and O–H groups in total. The number of rotatable bonds is 8. The summed E-state index contributed by atoms with van der Waals surface area (Å²) >= 11 is 0. The SMILES string of the molecule is CCCNCC1CCCN(CCCc2ccccc2)C1. The summed E-state index contributed by atoms with van der Waals surface area (Å²) in [6.45, 7) is 8.49. The average molecular weight is 274 g/mol. The van der Waals surface area contributed by atoms with E-state index < -0.39 is 0 Å². The molecule has 1 fully saturated rings. The first kappa shape index (κ1) is 15.5. The lowest BCUT2D eigenvalue weighted by Gasteiger charge is -2.33. The second-order valence-corrected chi connectivity index (χ2v) is 6.10. The van der Waals surface area contributed by atoms with Gasteiger partial charge in [0.15, 0.2) is 0 Å². The highest BCUT2D eigenvalue weighted by atomic mass is 15.1. The smallest absolute Gasteiger partial charge is 0.00218 e. The molecular weight excluding hydrogens is 244 g/mol. The van der Waals surface area contributed by atoms with Crippen molar-refractivity contribution < 1.29 is 0 Å². The zero-order valence-corrected chi connectivity index (χ0v) is 13.0. The topological polar surface area (TPSA) is 15.3 Å². The number of nitrogens with one attached hydrogen (secondary N) is 1. The van der Waals surface area contributed by atoms with Gasteiger partial charge in [-0.25, -0.2) is 0 Å². The van der Waals surface area contributed by atoms with Gasteiger partial charge >= 0.3 is 0 Å². The van der Waals surface area contributed by atoms with Gasteiger partial charge in [0.05, 0.1) is 0 Å². The van der Waals surface area contributed by atoms with E-state index in [0.717, 1.165) is 5.92 Å². The number of piperidine rings is 1. The van der Waals surface area contributed by atoms with Crippen LogP contribution in [0.5, 0.6) is 0 Å². The van der Waals surface area contributed by atoms with Gasteiger partial charge in [-0.05, 0) is 69.8 Å². The zero-order valence-electron chi connectivity index (χ0n) is 13.0. The third-order valence-electron chi connectivity index (χ3n) is 4.25. The lowest BCUT2D eigenvalue weighted by atomic mass is 9.97. The molecule has 0 bridgehead atoms. The number of aryl methyl sites for hydroxylation is 1. The molecule has 0 amide bonds. The van der Waals surface area contributed by atoms with Crippen LogP contribution in [-0.4, -0.2) is 37.6 Å². The molecule has 0 spiro atoms. The van der Waals surface area contributed by atoms with E-state index in [0.29, 0.717) is 0 Å². The predicted octanol–water partition coefficient (Wildman–Crippen LogP) is 3.33. The maximum Gasteiger partial charge on any atom is 0.00218 e. The van der Waals surface area contributed by atoms with Gasteiger partial charge in [-0.2, -0.15) is 0 Å². The quantitative estimate of drug-likeness (QED) is 0.732. The number of nitrogens with zero attached hydrogens (tertiary/aromatic N) is 1. The second kappa shape index (κ2) is 9.15. The molecule has 1 aliphatic heterocycles. The third-order valence-corrected chi connectivity index (χ3v) is 4.25. The van der Waals surface area contributed by atoms with Crippen LogP contribution in [0.2, 0.25) is 0 Å². The Hall–Kier alpha value is -0.860. The highest BCUT2D eigenvalue weighted by Crippen LogP contribution is 2.16. The Morgan fingerprint density at radius 3 is 2.90 bits per heavy atom. The predicted molar refractivity (Wildman–Crippen MR) is 87.1 cm³/mol. The van der Waals surface area contributed by atoms with Gasteiger partial charge in [-0.3, -0.25) is 0 Å². The van der Waals surface area contributed by atoms with E-state index in [1.54, 1.807) is 0 Å². The summed E-state index contributed by atoms with van der Waals surface area (Å²) in [6, 6.07) is 10.9. The molecule has 0 aromatic heterocycles. The molecule has 1 aromatic rings. The summed E-state index contributed by atoms with van der Waals surface area (Å²) in [5.74, 6) is 0.868. The van der Waals surface area contributed by atoms with E-state index in [1.807, 2.05) is 0 Å². The van der Waals surface area contributed by atoms with Crippen molar-refractivity contribution >= 4 is 0 Å². The molecule has 2 heteroatoms. The van der Waals surface area contributed by atoms with Gasteiger partial charge in [-0.1, -0.05) is 37.3 Å². The van der Waals surface area contributed by atoms with Crippen molar-refractivity contribution in [2.75, 3.05) is 32.7 Å². The average Bonchev–Trinajstić information content (AvgIpc) is 2.49. The summed E-state index contributed by atoms with van der Waals surface area (Å²) in [7, 11) is 0. The molecule has 1 saturated heterocycles. The number of hydrogen-bond donors (Lipinski definition) is 1. The summed E-state index contributed by atoms with van der Waals surface area (Å²) < 4.78 is 0. The Morgan fingerprint density at radius 2 is 2.10 bits per heavy atom. The van der Waals surface area contributed by atoms with Crippen LogP contribution in [0.4, 0.5) is 0 Å². The van der Waals surface area contributed by atoms with E-state index in [1.165, 1.54) is 70.4 Å². The van der Waals surface area contributed by atoms with Crippen molar-refractivity contribution in [2.45, 2.75) is 39.0 Å². The van der Waals surface area contributed by atoms with Gasteiger partial charge < -0.3 is 10.2 Å². The number of likely N-dealkylation sites (tertiary alicyclic amines) is 1. The Labute approximate surface area is 124 Å². The van der Waals surface area contributed by atoms with E-state index in [-0.39, 0.29) is 0 Å². The summed E-state index contributed by atoms with van der Waals surface area (Å²) in [5, 5.41) is 3.58. The first-order valence-corrected chi connectivity index (χ1v) is 8.35. The molecule has 20 heavy (non-hydrogen) atoms. The van der Waals surface area contributed by atoms with Gasteiger partial charge in [0.25, 0.3) is 0 Å². The van der Waals surface area contributed by atoms with Crippen molar-refractivity contribution in [3.05, 3.63) is 35.9 Å². The minimum Gasteiger partial charge on any atom is -0.316 e. The highest BCUT2D eigenvalue weighted by molar-refractivity contribution is 5.14. The molecule has 1 heterocycles. The Bertz CT molecular complexity index is 350. The fourth-order valence-corrected chi connectivity index (χ4v) is 3.16. The molecule has 0 aliphatic carbocycles. The van der Waals surface area contributed by atoms with Crippen LogP contribution < -0.4 is 5.32 Å². The van der Waals surface area contributed by atoms with Gasteiger partial charge in [0.2, 0.25) is 0 Å². The first-order valence-electron chi connectivity index (χ1n) is 8.35.